The fourth-order valence-electron chi connectivity index (χ4n) is 1.62. The zero-order valence-electron chi connectivity index (χ0n) is 11.8. The van der Waals surface area contributed by atoms with Crippen LogP contribution in [-0.2, 0) is 4.79 Å². The molecule has 5 heteroatoms. The second-order valence-electron chi connectivity index (χ2n) is 5.64. The summed E-state index contributed by atoms with van der Waals surface area (Å²) in [5.41, 5.74) is 0.927. The van der Waals surface area contributed by atoms with Crippen LogP contribution >= 0.6 is 0 Å². The van der Waals surface area contributed by atoms with Crippen molar-refractivity contribution in [1.82, 2.24) is 5.32 Å². The summed E-state index contributed by atoms with van der Waals surface area (Å²) in [4.78, 5) is 11.0. The van der Waals surface area contributed by atoms with E-state index in [-0.39, 0.29) is 17.2 Å². The predicted octanol–water partition coefficient (Wildman–Crippen LogP) is 1.77. The Morgan fingerprint density at radius 1 is 1.32 bits per heavy atom. The third kappa shape index (κ3) is 5.72. The van der Waals surface area contributed by atoms with Crippen molar-refractivity contribution in [2.24, 2.45) is 0 Å². The molecular weight excluding hydrogens is 244 g/mol. The second-order valence-corrected chi connectivity index (χ2v) is 5.64. The normalized spacial score (nSPS) is 13.1. The minimum Gasteiger partial charge on any atom is -0.508 e. The third-order valence-electron chi connectivity index (χ3n) is 2.47. The van der Waals surface area contributed by atoms with Gasteiger partial charge in [-0.05, 0) is 38.5 Å². The van der Waals surface area contributed by atoms with E-state index in [9.17, 15) is 15.0 Å². The first-order valence-electron chi connectivity index (χ1n) is 6.22. The third-order valence-corrected chi connectivity index (χ3v) is 2.47. The van der Waals surface area contributed by atoms with Crippen molar-refractivity contribution >= 4 is 11.6 Å². The van der Waals surface area contributed by atoms with E-state index in [0.29, 0.717) is 17.8 Å². The molecule has 19 heavy (non-hydrogen) atoms. The van der Waals surface area contributed by atoms with Gasteiger partial charge in [-0.15, -0.1) is 0 Å². The van der Waals surface area contributed by atoms with Crippen LogP contribution in [0.25, 0.3) is 0 Å². The number of carbonyl (C=O) groups is 1. The number of hydrogen-bond donors (Lipinski definition) is 4. The Labute approximate surface area is 113 Å². The zero-order valence-corrected chi connectivity index (χ0v) is 11.8. The average Bonchev–Trinajstić information content (AvgIpc) is 2.23. The molecule has 4 N–H and O–H groups in total. The molecule has 0 aromatic heterocycles. The maximum atomic E-state index is 11.0. The van der Waals surface area contributed by atoms with Gasteiger partial charge in [-0.1, -0.05) is 0 Å². The number of aliphatic hydroxyl groups excluding tert-OH is 1. The topological polar surface area (TPSA) is 81.6 Å². The molecule has 0 fully saturated rings. The molecule has 1 aromatic carbocycles. The molecule has 5 nitrogen and oxygen atoms in total. The molecule has 1 rings (SSSR count). The maximum Gasteiger partial charge on any atom is 0.221 e. The van der Waals surface area contributed by atoms with E-state index in [0.717, 1.165) is 0 Å². The van der Waals surface area contributed by atoms with Crippen LogP contribution in [0, 0.1) is 0 Å². The van der Waals surface area contributed by atoms with E-state index in [1.54, 1.807) is 6.07 Å². The number of benzene rings is 1. The highest BCUT2D eigenvalue weighted by atomic mass is 16.3. The summed E-state index contributed by atoms with van der Waals surface area (Å²) in [6, 6.07) is 4.57. The van der Waals surface area contributed by atoms with Gasteiger partial charge in [-0.3, -0.25) is 4.79 Å². The smallest absolute Gasteiger partial charge is 0.221 e. The quantitative estimate of drug-likeness (QED) is 0.669. The van der Waals surface area contributed by atoms with Crippen molar-refractivity contribution in [3.63, 3.8) is 0 Å². The zero-order chi connectivity index (χ0) is 14.6. The van der Waals surface area contributed by atoms with E-state index in [4.69, 9.17) is 0 Å². The summed E-state index contributed by atoms with van der Waals surface area (Å²) >= 11 is 0. The molecule has 1 unspecified atom stereocenters. The van der Waals surface area contributed by atoms with Crippen LogP contribution in [0.15, 0.2) is 18.2 Å². The molecule has 0 aliphatic heterocycles. The lowest BCUT2D eigenvalue weighted by molar-refractivity contribution is -0.114. The first-order valence-corrected chi connectivity index (χ1v) is 6.22. The van der Waals surface area contributed by atoms with Gasteiger partial charge < -0.3 is 20.8 Å². The highest BCUT2D eigenvalue weighted by Crippen LogP contribution is 2.24. The Morgan fingerprint density at radius 3 is 2.47 bits per heavy atom. The molecule has 1 atom stereocenters. The van der Waals surface area contributed by atoms with Gasteiger partial charge in [-0.2, -0.15) is 0 Å². The fraction of sp³-hybridized carbons (Fsp3) is 0.500. The van der Waals surface area contributed by atoms with Gasteiger partial charge in [0.05, 0.1) is 6.10 Å². The van der Waals surface area contributed by atoms with Gasteiger partial charge in [0.15, 0.2) is 0 Å². The SMILES string of the molecule is CC(=O)Nc1cc(O)cc(C(O)CNC(C)(C)C)c1. The van der Waals surface area contributed by atoms with Crippen LogP contribution in [0.1, 0.15) is 39.4 Å². The number of amides is 1. The Bertz CT molecular complexity index is 452. The van der Waals surface area contributed by atoms with Gasteiger partial charge in [0.2, 0.25) is 5.91 Å². The summed E-state index contributed by atoms with van der Waals surface area (Å²) in [5, 5.41) is 25.4. The second kappa shape index (κ2) is 6.04. The van der Waals surface area contributed by atoms with E-state index in [1.807, 2.05) is 20.8 Å². The van der Waals surface area contributed by atoms with Crippen molar-refractivity contribution in [1.29, 1.82) is 0 Å². The number of β-amino-alcohol motifs (C(OH)–C–C–N with tert-alkyl or cyclic N) is 1. The summed E-state index contributed by atoms with van der Waals surface area (Å²) in [5.74, 6) is -0.213. The number of phenolic OH excluding ortho intramolecular Hbond substituents is 1. The van der Waals surface area contributed by atoms with Gasteiger partial charge in [0, 0.05) is 30.8 Å². The Morgan fingerprint density at radius 2 is 1.95 bits per heavy atom. The molecule has 106 valence electrons. The van der Waals surface area contributed by atoms with Crippen molar-refractivity contribution in [2.75, 3.05) is 11.9 Å². The van der Waals surface area contributed by atoms with E-state index in [2.05, 4.69) is 10.6 Å². The molecule has 0 aliphatic carbocycles. The lowest BCUT2D eigenvalue weighted by Crippen LogP contribution is -2.38. The molecule has 0 radical (unpaired) electrons. The number of aliphatic hydroxyl groups is 1. The molecule has 1 aromatic rings. The van der Waals surface area contributed by atoms with Crippen LogP contribution < -0.4 is 10.6 Å². The molecule has 0 saturated carbocycles. The lowest BCUT2D eigenvalue weighted by Gasteiger charge is -2.23. The minimum absolute atomic E-state index is 0.0102. The fourth-order valence-corrected chi connectivity index (χ4v) is 1.62. The Balaban J connectivity index is 2.81. The summed E-state index contributed by atoms with van der Waals surface area (Å²) in [7, 11) is 0. The van der Waals surface area contributed by atoms with Crippen LogP contribution in [0.3, 0.4) is 0 Å². The predicted molar refractivity (Wildman–Crippen MR) is 75.1 cm³/mol. The monoisotopic (exact) mass is 266 g/mol. The summed E-state index contributed by atoms with van der Waals surface area (Å²) < 4.78 is 0. The van der Waals surface area contributed by atoms with E-state index in [1.165, 1.54) is 19.1 Å². The highest BCUT2D eigenvalue weighted by Gasteiger charge is 2.15. The number of carbonyl (C=O) groups excluding carboxylic acids is 1. The number of rotatable bonds is 4. The first-order chi connectivity index (χ1) is 8.67. The lowest BCUT2D eigenvalue weighted by atomic mass is 10.1. The van der Waals surface area contributed by atoms with Crippen LogP contribution in [-0.4, -0.2) is 28.2 Å². The first kappa shape index (κ1) is 15.5. The molecule has 1 amide bonds. The number of phenols is 1. The largest absolute Gasteiger partial charge is 0.508 e. The standard InChI is InChI=1S/C14H22N2O3/c1-9(17)16-11-5-10(6-12(18)7-11)13(19)8-15-14(2,3)4/h5-7,13,15,18-19H,8H2,1-4H3,(H,16,17). The summed E-state index contributed by atoms with van der Waals surface area (Å²) in [6.07, 6.45) is -0.751. The van der Waals surface area contributed by atoms with Crippen LogP contribution in [0.5, 0.6) is 5.75 Å². The molecule has 0 saturated heterocycles. The Hall–Kier alpha value is -1.59. The maximum absolute atomic E-state index is 11.0. The van der Waals surface area contributed by atoms with Gasteiger partial charge >= 0.3 is 0 Å². The Kier molecular flexibility index (Phi) is 4.91. The molecule has 0 spiro atoms. The van der Waals surface area contributed by atoms with Crippen molar-refractivity contribution in [2.45, 2.75) is 39.3 Å². The van der Waals surface area contributed by atoms with Crippen LogP contribution in [0.4, 0.5) is 5.69 Å². The van der Waals surface area contributed by atoms with Crippen molar-refractivity contribution in [3.05, 3.63) is 23.8 Å². The van der Waals surface area contributed by atoms with E-state index >= 15 is 0 Å². The minimum atomic E-state index is -0.751. The number of nitrogens with one attached hydrogen (secondary N) is 2. The number of anilines is 1. The highest BCUT2D eigenvalue weighted by molar-refractivity contribution is 5.89. The number of hydrogen-bond acceptors (Lipinski definition) is 4. The average molecular weight is 266 g/mol. The van der Waals surface area contributed by atoms with E-state index < -0.39 is 6.10 Å². The van der Waals surface area contributed by atoms with Crippen molar-refractivity contribution in [3.8, 4) is 5.75 Å². The molecule has 0 bridgehead atoms. The molecular formula is C14H22N2O3. The summed E-state index contributed by atoms with van der Waals surface area (Å²) in [6.45, 7) is 7.77. The van der Waals surface area contributed by atoms with Crippen molar-refractivity contribution < 1.29 is 15.0 Å². The van der Waals surface area contributed by atoms with Gasteiger partial charge in [0.25, 0.3) is 0 Å². The van der Waals surface area contributed by atoms with Gasteiger partial charge in [0.1, 0.15) is 5.75 Å². The molecule has 0 aliphatic rings. The number of aromatic hydroxyl groups is 1. The van der Waals surface area contributed by atoms with Gasteiger partial charge in [-0.25, -0.2) is 0 Å². The van der Waals surface area contributed by atoms with Crippen LogP contribution in [0.2, 0.25) is 0 Å². The molecule has 0 heterocycles.